The van der Waals surface area contributed by atoms with Crippen molar-refractivity contribution in [1.29, 1.82) is 0 Å². The molecular formula is C28H34N2O6S. The lowest BCUT2D eigenvalue weighted by Crippen LogP contribution is -2.42. The molecule has 0 aliphatic carbocycles. The molecule has 0 saturated carbocycles. The lowest BCUT2D eigenvalue weighted by Gasteiger charge is -2.23. The maximum atomic E-state index is 13.7. The number of aryl methyl sites for hydroxylation is 1. The minimum absolute atomic E-state index is 0.0428. The van der Waals surface area contributed by atoms with Crippen LogP contribution < -0.4 is 19.5 Å². The topological polar surface area (TPSA) is 94.2 Å². The fourth-order valence-corrected chi connectivity index (χ4v) is 5.54. The summed E-state index contributed by atoms with van der Waals surface area (Å²) in [5.41, 5.74) is 2.71. The van der Waals surface area contributed by atoms with E-state index in [2.05, 4.69) is 5.32 Å². The van der Waals surface area contributed by atoms with Crippen LogP contribution in [-0.4, -0.2) is 59.6 Å². The number of amides is 1. The molecule has 0 aromatic heterocycles. The van der Waals surface area contributed by atoms with Gasteiger partial charge in [-0.05, 0) is 60.7 Å². The number of ether oxygens (including phenoxy) is 3. The van der Waals surface area contributed by atoms with Gasteiger partial charge in [-0.2, -0.15) is 4.31 Å². The Bertz CT molecular complexity index is 1300. The molecular weight excluding hydrogens is 492 g/mol. The van der Waals surface area contributed by atoms with E-state index < -0.39 is 10.0 Å². The molecule has 0 aliphatic heterocycles. The second-order valence-corrected chi connectivity index (χ2v) is 10.4. The fourth-order valence-electron chi connectivity index (χ4n) is 3.91. The summed E-state index contributed by atoms with van der Waals surface area (Å²) in [7, 11) is 0.559. The van der Waals surface area contributed by atoms with Crippen molar-refractivity contribution in [2.75, 3.05) is 41.0 Å². The number of hydrogen-bond acceptors (Lipinski definition) is 6. The van der Waals surface area contributed by atoms with E-state index in [0.717, 1.165) is 16.7 Å². The maximum absolute atomic E-state index is 13.7. The Labute approximate surface area is 219 Å². The van der Waals surface area contributed by atoms with Gasteiger partial charge in [0.05, 0.1) is 27.9 Å². The van der Waals surface area contributed by atoms with Crippen LogP contribution in [0.15, 0.2) is 71.6 Å². The van der Waals surface area contributed by atoms with Gasteiger partial charge in [-0.15, -0.1) is 0 Å². The van der Waals surface area contributed by atoms with E-state index in [1.807, 2.05) is 55.5 Å². The Morgan fingerprint density at radius 3 is 2.16 bits per heavy atom. The van der Waals surface area contributed by atoms with E-state index in [-0.39, 0.29) is 29.6 Å². The summed E-state index contributed by atoms with van der Waals surface area (Å²) in [5, 5.41) is 2.84. The average molecular weight is 527 g/mol. The number of hydrogen-bond donors (Lipinski definition) is 1. The summed E-state index contributed by atoms with van der Waals surface area (Å²) in [6.07, 6.45) is 1.02. The quantitative estimate of drug-likeness (QED) is 0.366. The van der Waals surface area contributed by atoms with Gasteiger partial charge < -0.3 is 19.5 Å². The second-order valence-electron chi connectivity index (χ2n) is 8.52. The molecule has 1 amide bonds. The number of rotatable bonds is 13. The van der Waals surface area contributed by atoms with Gasteiger partial charge in [0.25, 0.3) is 0 Å². The van der Waals surface area contributed by atoms with E-state index >= 15 is 0 Å². The van der Waals surface area contributed by atoms with Crippen LogP contribution in [-0.2, 0) is 27.7 Å². The third-order valence-corrected chi connectivity index (χ3v) is 7.80. The first-order valence-electron chi connectivity index (χ1n) is 11.9. The highest BCUT2D eigenvalue weighted by Crippen LogP contribution is 2.29. The van der Waals surface area contributed by atoms with Gasteiger partial charge in [-0.1, -0.05) is 42.5 Å². The molecule has 8 nitrogen and oxygen atoms in total. The zero-order valence-corrected chi connectivity index (χ0v) is 22.5. The molecule has 3 aromatic rings. The maximum Gasteiger partial charge on any atom is 0.247 e. The van der Waals surface area contributed by atoms with Gasteiger partial charge in [-0.3, -0.25) is 4.79 Å². The Balaban J connectivity index is 1.74. The van der Waals surface area contributed by atoms with Crippen molar-refractivity contribution >= 4 is 15.9 Å². The van der Waals surface area contributed by atoms with Gasteiger partial charge >= 0.3 is 0 Å². The van der Waals surface area contributed by atoms with Gasteiger partial charge in [0.2, 0.25) is 15.9 Å². The number of carbonyl (C=O) groups excluding carboxylic acids is 1. The normalized spacial score (nSPS) is 11.3. The SMILES string of the molecule is COc1ccc(CCNC(=O)CN(CCc2ccccc2)S(=O)(=O)c2cc(C)ccc2OC)cc1OC. The Hall–Kier alpha value is -3.56. The third kappa shape index (κ3) is 7.47. The molecule has 0 unspecified atom stereocenters. The summed E-state index contributed by atoms with van der Waals surface area (Å²) in [6.45, 7) is 1.99. The summed E-state index contributed by atoms with van der Waals surface area (Å²) in [4.78, 5) is 12.9. The monoisotopic (exact) mass is 526 g/mol. The number of methoxy groups -OCH3 is 3. The van der Waals surface area contributed by atoms with Crippen molar-refractivity contribution in [2.45, 2.75) is 24.7 Å². The molecule has 0 spiro atoms. The van der Waals surface area contributed by atoms with Crippen molar-refractivity contribution in [3.05, 3.63) is 83.4 Å². The van der Waals surface area contributed by atoms with E-state index in [1.165, 1.54) is 11.4 Å². The van der Waals surface area contributed by atoms with Crippen molar-refractivity contribution in [3.8, 4) is 17.2 Å². The molecule has 0 atom stereocenters. The molecule has 0 bridgehead atoms. The Morgan fingerprint density at radius 2 is 1.49 bits per heavy atom. The number of nitrogens with one attached hydrogen (secondary N) is 1. The molecule has 3 aromatic carbocycles. The molecule has 0 fully saturated rings. The molecule has 37 heavy (non-hydrogen) atoms. The van der Waals surface area contributed by atoms with Crippen LogP contribution in [0.4, 0.5) is 0 Å². The van der Waals surface area contributed by atoms with Gasteiger partial charge in [-0.25, -0.2) is 8.42 Å². The Kier molecular flexibility index (Phi) is 9.93. The molecule has 0 aliphatic rings. The van der Waals surface area contributed by atoms with Gasteiger partial charge in [0, 0.05) is 13.1 Å². The molecule has 0 heterocycles. The van der Waals surface area contributed by atoms with Crippen LogP contribution >= 0.6 is 0 Å². The highest BCUT2D eigenvalue weighted by molar-refractivity contribution is 7.89. The van der Waals surface area contributed by atoms with Crippen molar-refractivity contribution in [2.24, 2.45) is 0 Å². The molecule has 0 radical (unpaired) electrons. The second kappa shape index (κ2) is 13.1. The zero-order valence-electron chi connectivity index (χ0n) is 21.7. The van der Waals surface area contributed by atoms with Crippen molar-refractivity contribution in [3.63, 3.8) is 0 Å². The minimum atomic E-state index is -4.01. The third-order valence-electron chi connectivity index (χ3n) is 5.93. The predicted octanol–water partition coefficient (Wildman–Crippen LogP) is 3.61. The summed E-state index contributed by atoms with van der Waals surface area (Å²) in [5.74, 6) is 1.09. The van der Waals surface area contributed by atoms with Crippen LogP contribution in [0.1, 0.15) is 16.7 Å². The van der Waals surface area contributed by atoms with Crippen LogP contribution in [0.25, 0.3) is 0 Å². The van der Waals surface area contributed by atoms with E-state index in [0.29, 0.717) is 30.9 Å². The largest absolute Gasteiger partial charge is 0.495 e. The molecule has 9 heteroatoms. The highest BCUT2D eigenvalue weighted by Gasteiger charge is 2.29. The number of sulfonamides is 1. The van der Waals surface area contributed by atoms with Crippen LogP contribution in [0.5, 0.6) is 17.2 Å². The Morgan fingerprint density at radius 1 is 0.811 bits per heavy atom. The number of benzene rings is 3. The van der Waals surface area contributed by atoms with E-state index in [9.17, 15) is 13.2 Å². The average Bonchev–Trinajstić information content (AvgIpc) is 2.91. The molecule has 3 rings (SSSR count). The van der Waals surface area contributed by atoms with Gasteiger partial charge in [0.1, 0.15) is 10.6 Å². The lowest BCUT2D eigenvalue weighted by molar-refractivity contribution is -0.121. The minimum Gasteiger partial charge on any atom is -0.495 e. The van der Waals surface area contributed by atoms with Crippen LogP contribution in [0.2, 0.25) is 0 Å². The van der Waals surface area contributed by atoms with Crippen LogP contribution in [0.3, 0.4) is 0 Å². The first kappa shape index (κ1) is 28.0. The summed E-state index contributed by atoms with van der Waals surface area (Å²) in [6, 6.07) is 20.1. The van der Waals surface area contributed by atoms with E-state index in [4.69, 9.17) is 14.2 Å². The number of nitrogens with zero attached hydrogens (tertiary/aromatic N) is 1. The molecule has 0 saturated heterocycles. The zero-order chi connectivity index (χ0) is 26.8. The standard InChI is InChI=1S/C28H34N2O6S/c1-21-10-12-25(35-3)27(18-21)37(32,33)30(17-15-22-8-6-5-7-9-22)20-28(31)29-16-14-23-11-13-24(34-2)26(19-23)36-4/h5-13,18-19H,14-17,20H2,1-4H3,(H,29,31). The molecule has 1 N–H and O–H groups in total. The lowest BCUT2D eigenvalue weighted by atomic mass is 10.1. The summed E-state index contributed by atoms with van der Waals surface area (Å²) >= 11 is 0. The van der Waals surface area contributed by atoms with Crippen molar-refractivity contribution < 1.29 is 27.4 Å². The van der Waals surface area contributed by atoms with Crippen LogP contribution in [0, 0.1) is 6.92 Å². The predicted molar refractivity (Wildman–Crippen MR) is 143 cm³/mol. The summed E-state index contributed by atoms with van der Waals surface area (Å²) < 4.78 is 44.5. The van der Waals surface area contributed by atoms with E-state index in [1.54, 1.807) is 32.4 Å². The first-order chi connectivity index (χ1) is 17.8. The van der Waals surface area contributed by atoms with Crippen molar-refractivity contribution in [1.82, 2.24) is 9.62 Å². The van der Waals surface area contributed by atoms with Gasteiger partial charge in [0.15, 0.2) is 11.5 Å². The molecule has 198 valence electrons. The smallest absolute Gasteiger partial charge is 0.247 e. The number of carbonyl (C=O) groups is 1. The highest BCUT2D eigenvalue weighted by atomic mass is 32.2. The first-order valence-corrected chi connectivity index (χ1v) is 13.4. The fraction of sp³-hybridized carbons (Fsp3) is 0.321.